The second-order valence-corrected chi connectivity index (χ2v) is 7.79. The van der Waals surface area contributed by atoms with Crippen LogP contribution in [0.3, 0.4) is 0 Å². The van der Waals surface area contributed by atoms with Crippen LogP contribution in [0.4, 0.5) is 0 Å². The normalized spacial score (nSPS) is 6.33. The maximum absolute atomic E-state index is 6.25. The molecule has 35 valence electrons. The first kappa shape index (κ1) is 9.40. The first-order valence-electron chi connectivity index (χ1n) is 1.72. The Kier molecular flexibility index (Phi) is 13.9. The topological polar surface area (TPSA) is 23.8 Å². The van der Waals surface area contributed by atoms with Gasteiger partial charge in [0.25, 0.3) is 0 Å². The Balaban J connectivity index is 0. The van der Waals surface area contributed by atoms with Gasteiger partial charge in [0.15, 0.2) is 0 Å². The molecule has 0 fully saturated rings. The maximum atomic E-state index is 6.25. The Bertz CT molecular complexity index is 29.0. The van der Waals surface area contributed by atoms with Crippen molar-refractivity contribution in [1.29, 1.82) is 5.26 Å². The molecule has 0 aromatic heterocycles. The fourth-order valence-electron chi connectivity index (χ4n) is 0. The average Bonchev–Trinajstić information content (AvgIpc) is 1.41. The molecule has 0 aliphatic carbocycles. The molecule has 2 heteroatoms. The molecule has 0 saturated carbocycles. The summed E-state index contributed by atoms with van der Waals surface area (Å²) in [6.07, 6.45) is 0. The van der Waals surface area contributed by atoms with Crippen LogP contribution in [0.25, 0.3) is 0 Å². The van der Waals surface area contributed by atoms with E-state index in [1.54, 1.807) is 0 Å². The minimum atomic E-state index is -0.333. The van der Waals surface area contributed by atoms with Gasteiger partial charge in [0.05, 0.1) is 0 Å². The number of nitrogens with zero attached hydrogens (tertiary/aromatic N) is 1. The van der Waals surface area contributed by atoms with Crippen molar-refractivity contribution >= 4 is 14.3 Å². The van der Waals surface area contributed by atoms with Crippen molar-refractivity contribution in [3.63, 3.8) is 0 Å². The molecule has 1 radical (unpaired) electrons. The molecule has 0 atom stereocenters. The van der Waals surface area contributed by atoms with Crippen LogP contribution in [0.1, 0.15) is 0 Å². The molecular weight excluding hydrogens is 135 g/mol. The Morgan fingerprint density at radius 1 is 1.17 bits per heavy atom. The zero-order chi connectivity index (χ0) is 5.58. The number of hydrogen-bond acceptors (Lipinski definition) is 1. The molecule has 0 aliphatic heterocycles. The van der Waals surface area contributed by atoms with Gasteiger partial charge in [0.2, 0.25) is 0 Å². The van der Waals surface area contributed by atoms with Gasteiger partial charge in [0.1, 0.15) is 0 Å². The molecule has 1 nitrogen and oxygen atoms in total. The summed E-state index contributed by atoms with van der Waals surface area (Å²) in [7, 11) is 0. The van der Waals surface area contributed by atoms with Gasteiger partial charge in [-0.3, -0.25) is 0 Å². The summed E-state index contributed by atoms with van der Waals surface area (Å²) in [5, 5.41) is 6.25. The summed E-state index contributed by atoms with van der Waals surface area (Å²) in [6, 6.07) is 0. The number of rotatable bonds is 0. The monoisotopic (exact) mass is 145 g/mol. The second kappa shape index (κ2) is 8.90. The van der Waals surface area contributed by atoms with Crippen molar-refractivity contribution in [1.82, 2.24) is 0 Å². The van der Waals surface area contributed by atoms with Gasteiger partial charge in [0, 0.05) is 0 Å². The fraction of sp³-hybridized carbons (Fsp3) is 0.750. The van der Waals surface area contributed by atoms with E-state index in [0.29, 0.717) is 0 Å². The van der Waals surface area contributed by atoms with Crippen LogP contribution in [-0.2, 0) is 0 Å². The quantitative estimate of drug-likeness (QED) is 0.372. The third-order valence-electron chi connectivity index (χ3n) is 0. The van der Waals surface area contributed by atoms with Crippen molar-refractivity contribution in [3.8, 4) is 0 Å². The number of hydrogen-bond donors (Lipinski definition) is 0. The molecule has 6 heavy (non-hydrogen) atoms. The summed E-state index contributed by atoms with van der Waals surface area (Å²) in [6.45, 7) is 4.75. The van der Waals surface area contributed by atoms with Crippen LogP contribution >= 0.6 is 0 Å². The summed E-state index contributed by atoms with van der Waals surface area (Å²) < 4.78 is 0. The Morgan fingerprint density at radius 3 is 1.17 bits per heavy atom. The van der Waals surface area contributed by atoms with Gasteiger partial charge < -0.3 is 11.8 Å². The molecular formula is C4H9GeN-. The first-order valence-corrected chi connectivity index (χ1v) is 8.02. The van der Waals surface area contributed by atoms with Crippen LogP contribution < -0.4 is 0 Å². The molecule has 0 aromatic carbocycles. The van der Waals surface area contributed by atoms with E-state index in [0.717, 1.165) is 0 Å². The van der Waals surface area contributed by atoms with Gasteiger partial charge in [-0.15, -0.1) is 0 Å². The molecule has 0 bridgehead atoms. The third kappa shape index (κ3) is 34400. The predicted molar refractivity (Wildman–Crippen MR) is 28.3 cm³/mol. The van der Waals surface area contributed by atoms with Crippen LogP contribution in [0.5, 0.6) is 0 Å². The van der Waals surface area contributed by atoms with Gasteiger partial charge in [-0.2, -0.15) is 0 Å². The molecule has 0 saturated heterocycles. The van der Waals surface area contributed by atoms with Crippen molar-refractivity contribution in [2.45, 2.75) is 17.3 Å². The molecule has 0 heterocycles. The van der Waals surface area contributed by atoms with Gasteiger partial charge >= 0.3 is 31.6 Å². The average molecular weight is 144 g/mol. The molecule has 0 spiro atoms. The van der Waals surface area contributed by atoms with Crippen LogP contribution in [0.15, 0.2) is 0 Å². The Labute approximate surface area is 44.1 Å². The zero-order valence-corrected chi connectivity index (χ0v) is 6.55. The van der Waals surface area contributed by atoms with E-state index in [2.05, 4.69) is 17.3 Å². The van der Waals surface area contributed by atoms with Crippen molar-refractivity contribution < 1.29 is 0 Å². The van der Waals surface area contributed by atoms with E-state index >= 15 is 0 Å². The summed E-state index contributed by atoms with van der Waals surface area (Å²) in [5.41, 5.74) is 0. The van der Waals surface area contributed by atoms with Crippen molar-refractivity contribution in [3.05, 3.63) is 6.57 Å². The van der Waals surface area contributed by atoms with Gasteiger partial charge in [-0.1, -0.05) is 0 Å². The van der Waals surface area contributed by atoms with E-state index in [1.165, 1.54) is 0 Å². The second-order valence-electron chi connectivity index (χ2n) is 1.50. The molecule has 0 aromatic rings. The molecule has 0 rings (SSSR count). The van der Waals surface area contributed by atoms with Crippen LogP contribution in [-0.4, -0.2) is 14.3 Å². The minimum absolute atomic E-state index is 0.333. The fourth-order valence-corrected chi connectivity index (χ4v) is 0. The summed E-state index contributed by atoms with van der Waals surface area (Å²) in [4.78, 5) is 0. The van der Waals surface area contributed by atoms with E-state index in [9.17, 15) is 0 Å². The van der Waals surface area contributed by atoms with Crippen LogP contribution in [0, 0.1) is 11.8 Å². The SMILES string of the molecule is [C-]#N.[CH3][Ge]([CH3])[CH3]. The molecule has 0 N–H and O–H groups in total. The Morgan fingerprint density at radius 2 is 1.17 bits per heavy atom. The zero-order valence-electron chi connectivity index (χ0n) is 4.45. The van der Waals surface area contributed by atoms with E-state index in [1.807, 2.05) is 0 Å². The third-order valence-corrected chi connectivity index (χ3v) is 0. The molecule has 0 amide bonds. The van der Waals surface area contributed by atoms with E-state index in [-0.39, 0.29) is 14.3 Å². The van der Waals surface area contributed by atoms with Crippen molar-refractivity contribution in [2.24, 2.45) is 0 Å². The van der Waals surface area contributed by atoms with Gasteiger partial charge in [-0.25, -0.2) is 0 Å². The van der Waals surface area contributed by atoms with Crippen LogP contribution in [0.2, 0.25) is 17.3 Å². The predicted octanol–water partition coefficient (Wildman–Crippen LogP) is 1.47. The first-order chi connectivity index (χ1) is 2.73. The molecule has 0 unspecified atom stereocenters. The van der Waals surface area contributed by atoms with E-state index < -0.39 is 0 Å². The Hall–Kier alpha value is 0.0329. The van der Waals surface area contributed by atoms with Gasteiger partial charge in [-0.05, 0) is 0 Å². The summed E-state index contributed by atoms with van der Waals surface area (Å²) in [5.74, 6) is 7.00. The molecule has 0 aliphatic rings. The van der Waals surface area contributed by atoms with Crippen molar-refractivity contribution in [2.75, 3.05) is 0 Å². The standard InChI is InChI=1S/C3H9Ge.CN/c1-4(2)3;1-2/h1-3H3;/q;-1. The van der Waals surface area contributed by atoms with E-state index in [4.69, 9.17) is 11.8 Å². The summed E-state index contributed by atoms with van der Waals surface area (Å²) >= 11 is -0.333.